The zero-order chi connectivity index (χ0) is 15.4. The Morgan fingerprint density at radius 3 is 2.48 bits per heavy atom. The fourth-order valence-corrected chi connectivity index (χ4v) is 2.87. The first-order chi connectivity index (χ1) is 10.0. The summed E-state index contributed by atoms with van der Waals surface area (Å²) < 4.78 is 14.8. The van der Waals surface area contributed by atoms with Gasteiger partial charge in [-0.3, -0.25) is 4.68 Å². The van der Waals surface area contributed by atoms with E-state index in [1.165, 1.54) is 12.1 Å². The lowest BCUT2D eigenvalue weighted by atomic mass is 9.94. The Hall–Kier alpha value is -1.39. The van der Waals surface area contributed by atoms with Crippen molar-refractivity contribution in [1.29, 1.82) is 0 Å². The van der Waals surface area contributed by atoms with Gasteiger partial charge in [0, 0.05) is 7.05 Å². The van der Waals surface area contributed by atoms with Crippen LogP contribution in [-0.2, 0) is 19.9 Å². The van der Waals surface area contributed by atoms with E-state index in [9.17, 15) is 4.39 Å². The number of halogens is 2. The van der Waals surface area contributed by atoms with E-state index in [1.807, 2.05) is 37.8 Å². The number of benzene rings is 1. The van der Waals surface area contributed by atoms with Gasteiger partial charge in [0.2, 0.25) is 0 Å². The summed E-state index contributed by atoms with van der Waals surface area (Å²) in [4.78, 5) is 0. The molecule has 0 fully saturated rings. The molecule has 5 heteroatoms. The lowest BCUT2D eigenvalue weighted by Crippen LogP contribution is -2.23. The minimum atomic E-state index is -0.200. The van der Waals surface area contributed by atoms with Crippen LogP contribution in [0.4, 0.5) is 4.39 Å². The second-order valence-electron chi connectivity index (χ2n) is 5.43. The van der Waals surface area contributed by atoms with E-state index in [0.717, 1.165) is 41.4 Å². The molecule has 0 spiro atoms. The van der Waals surface area contributed by atoms with Gasteiger partial charge in [0.25, 0.3) is 0 Å². The van der Waals surface area contributed by atoms with Crippen LogP contribution in [0.3, 0.4) is 0 Å². The van der Waals surface area contributed by atoms with E-state index in [2.05, 4.69) is 10.4 Å². The molecule has 2 rings (SSSR count). The van der Waals surface area contributed by atoms with Crippen LogP contribution < -0.4 is 5.32 Å². The van der Waals surface area contributed by atoms with Crippen LogP contribution in [0.5, 0.6) is 0 Å². The van der Waals surface area contributed by atoms with Gasteiger partial charge in [0.1, 0.15) is 5.82 Å². The number of nitrogens with zero attached hydrogens (tertiary/aromatic N) is 2. The Kier molecular flexibility index (Phi) is 5.37. The largest absolute Gasteiger partial charge is 0.319 e. The van der Waals surface area contributed by atoms with Crippen molar-refractivity contribution in [3.63, 3.8) is 0 Å². The molecule has 0 aliphatic heterocycles. The minimum Gasteiger partial charge on any atom is -0.319 e. The lowest BCUT2D eigenvalue weighted by Gasteiger charge is -2.17. The molecule has 1 unspecified atom stereocenters. The molecule has 0 bridgehead atoms. The van der Waals surface area contributed by atoms with Crippen LogP contribution in [0.2, 0.25) is 5.02 Å². The molecule has 0 aliphatic rings. The highest BCUT2D eigenvalue weighted by Crippen LogP contribution is 2.23. The van der Waals surface area contributed by atoms with Crippen molar-refractivity contribution < 1.29 is 4.39 Å². The molecule has 21 heavy (non-hydrogen) atoms. The maximum Gasteiger partial charge on any atom is 0.123 e. The highest BCUT2D eigenvalue weighted by atomic mass is 35.5. The van der Waals surface area contributed by atoms with Crippen LogP contribution in [0.25, 0.3) is 0 Å². The molecule has 114 valence electrons. The van der Waals surface area contributed by atoms with E-state index in [1.54, 1.807) is 0 Å². The smallest absolute Gasteiger partial charge is 0.123 e. The Bertz CT molecular complexity index is 592. The second kappa shape index (κ2) is 7.05. The number of aryl methyl sites for hydroxylation is 2. The molecule has 3 nitrogen and oxygen atoms in total. The number of hydrogen-bond donors (Lipinski definition) is 1. The molecule has 0 radical (unpaired) electrons. The lowest BCUT2D eigenvalue weighted by molar-refractivity contribution is 0.477. The van der Waals surface area contributed by atoms with E-state index in [4.69, 9.17) is 11.6 Å². The van der Waals surface area contributed by atoms with E-state index < -0.39 is 0 Å². The predicted molar refractivity (Wildman–Crippen MR) is 84.2 cm³/mol. The van der Waals surface area contributed by atoms with Gasteiger partial charge in [0.05, 0.1) is 16.4 Å². The Balaban J connectivity index is 2.13. The minimum absolute atomic E-state index is 0.200. The molecule has 1 aromatic carbocycles. The molecule has 0 amide bonds. The van der Waals surface area contributed by atoms with Gasteiger partial charge < -0.3 is 5.32 Å². The van der Waals surface area contributed by atoms with Crippen LogP contribution in [0, 0.1) is 18.7 Å². The summed E-state index contributed by atoms with van der Waals surface area (Å²) in [7, 11) is 3.86. The number of rotatable bonds is 6. The molecule has 1 atom stereocenters. The average Bonchev–Trinajstić information content (AvgIpc) is 2.68. The third kappa shape index (κ3) is 4.05. The number of aromatic nitrogens is 2. The molecule has 1 heterocycles. The normalized spacial score (nSPS) is 12.6. The van der Waals surface area contributed by atoms with Gasteiger partial charge in [-0.2, -0.15) is 5.10 Å². The highest BCUT2D eigenvalue weighted by Gasteiger charge is 2.17. The van der Waals surface area contributed by atoms with Crippen LogP contribution >= 0.6 is 11.6 Å². The predicted octanol–water partition coefficient (Wildman–Crippen LogP) is 3.14. The third-order valence-corrected chi connectivity index (χ3v) is 4.17. The maximum absolute atomic E-state index is 13.0. The van der Waals surface area contributed by atoms with Crippen molar-refractivity contribution in [1.82, 2.24) is 15.1 Å². The molecule has 1 N–H and O–H groups in total. The molecule has 2 aromatic rings. The molecule has 0 saturated carbocycles. The Morgan fingerprint density at radius 2 is 1.95 bits per heavy atom. The van der Waals surface area contributed by atoms with E-state index >= 15 is 0 Å². The van der Waals surface area contributed by atoms with Crippen molar-refractivity contribution in [2.45, 2.75) is 19.8 Å². The Labute approximate surface area is 130 Å². The first-order valence-corrected chi connectivity index (χ1v) is 7.46. The van der Waals surface area contributed by atoms with Crippen molar-refractivity contribution in [3.05, 3.63) is 52.1 Å². The average molecular weight is 310 g/mol. The van der Waals surface area contributed by atoms with E-state index in [-0.39, 0.29) is 5.82 Å². The number of hydrogen-bond acceptors (Lipinski definition) is 2. The summed E-state index contributed by atoms with van der Waals surface area (Å²) in [6.07, 6.45) is 1.72. The van der Waals surface area contributed by atoms with Gasteiger partial charge in [-0.05, 0) is 57.0 Å². The highest BCUT2D eigenvalue weighted by molar-refractivity contribution is 6.31. The summed E-state index contributed by atoms with van der Waals surface area (Å²) in [5.74, 6) is 0.182. The SMILES string of the molecule is CNCC(Cc1ccc(F)cc1)Cc1c(Cl)c(C)nn1C. The van der Waals surface area contributed by atoms with Gasteiger partial charge in [0.15, 0.2) is 0 Å². The summed E-state index contributed by atoms with van der Waals surface area (Å²) in [6.45, 7) is 2.79. The van der Waals surface area contributed by atoms with Gasteiger partial charge in [-0.1, -0.05) is 23.7 Å². The van der Waals surface area contributed by atoms with Gasteiger partial charge >= 0.3 is 0 Å². The Morgan fingerprint density at radius 1 is 1.29 bits per heavy atom. The standard InChI is InChI=1S/C16H21ClFN3/c1-11-16(17)15(21(3)20-11)9-13(10-19-2)8-12-4-6-14(18)7-5-12/h4-7,13,19H,8-10H2,1-3H3. The fourth-order valence-electron chi connectivity index (χ4n) is 2.63. The van der Waals surface area contributed by atoms with Crippen LogP contribution in [-0.4, -0.2) is 23.4 Å². The fraction of sp³-hybridized carbons (Fsp3) is 0.438. The molecule has 0 aliphatic carbocycles. The summed E-state index contributed by atoms with van der Waals surface area (Å²) in [5.41, 5.74) is 3.04. The first-order valence-electron chi connectivity index (χ1n) is 7.08. The summed E-state index contributed by atoms with van der Waals surface area (Å²) in [6, 6.07) is 6.70. The third-order valence-electron chi connectivity index (χ3n) is 3.67. The first kappa shape index (κ1) is 16.0. The topological polar surface area (TPSA) is 29.9 Å². The van der Waals surface area contributed by atoms with Crippen molar-refractivity contribution in [3.8, 4) is 0 Å². The van der Waals surface area contributed by atoms with Crippen molar-refractivity contribution >= 4 is 11.6 Å². The summed E-state index contributed by atoms with van der Waals surface area (Å²) >= 11 is 6.33. The van der Waals surface area contributed by atoms with Crippen LogP contribution in [0.15, 0.2) is 24.3 Å². The van der Waals surface area contributed by atoms with Crippen LogP contribution in [0.1, 0.15) is 17.0 Å². The zero-order valence-electron chi connectivity index (χ0n) is 12.7. The molecule has 0 saturated heterocycles. The monoisotopic (exact) mass is 309 g/mol. The van der Waals surface area contributed by atoms with E-state index in [0.29, 0.717) is 5.92 Å². The maximum atomic E-state index is 13.0. The van der Waals surface area contributed by atoms with Gasteiger partial charge in [-0.15, -0.1) is 0 Å². The zero-order valence-corrected chi connectivity index (χ0v) is 13.4. The molecule has 1 aromatic heterocycles. The molecular weight excluding hydrogens is 289 g/mol. The van der Waals surface area contributed by atoms with Crippen molar-refractivity contribution in [2.75, 3.05) is 13.6 Å². The number of nitrogens with one attached hydrogen (secondary N) is 1. The molecular formula is C16H21ClFN3. The quantitative estimate of drug-likeness (QED) is 0.888. The summed E-state index contributed by atoms with van der Waals surface area (Å²) in [5, 5.41) is 8.32. The van der Waals surface area contributed by atoms with Crippen molar-refractivity contribution in [2.24, 2.45) is 13.0 Å². The van der Waals surface area contributed by atoms with Gasteiger partial charge in [-0.25, -0.2) is 4.39 Å². The second-order valence-corrected chi connectivity index (χ2v) is 5.81.